The zero-order valence-corrected chi connectivity index (χ0v) is 13.4. The number of benzene rings is 3. The highest BCUT2D eigenvalue weighted by atomic mass is 19.1. The van der Waals surface area contributed by atoms with Gasteiger partial charge in [-0.3, -0.25) is 4.79 Å². The summed E-state index contributed by atoms with van der Waals surface area (Å²) in [5.41, 5.74) is 3.65. The summed E-state index contributed by atoms with van der Waals surface area (Å²) in [6.45, 7) is 1.88. The van der Waals surface area contributed by atoms with Crippen molar-refractivity contribution in [3.05, 3.63) is 95.8 Å². The smallest absolute Gasteiger partial charge is 0.251 e. The minimum Gasteiger partial charge on any atom is -0.346 e. The van der Waals surface area contributed by atoms with Crippen molar-refractivity contribution in [1.29, 1.82) is 0 Å². The van der Waals surface area contributed by atoms with Crippen LogP contribution in [0.15, 0.2) is 78.9 Å². The predicted octanol–water partition coefficient (Wildman–Crippen LogP) is 4.98. The highest BCUT2D eigenvalue weighted by Crippen LogP contribution is 2.20. The second kappa shape index (κ2) is 7.09. The monoisotopic (exact) mass is 319 g/mol. The lowest BCUT2D eigenvalue weighted by molar-refractivity contribution is 0.0940. The molecule has 0 fully saturated rings. The first kappa shape index (κ1) is 15.9. The molecular formula is C21H18FNO. The number of hydrogen-bond donors (Lipinski definition) is 1. The molecule has 0 aromatic heterocycles. The zero-order valence-electron chi connectivity index (χ0n) is 13.4. The van der Waals surface area contributed by atoms with E-state index < -0.39 is 0 Å². The number of nitrogens with one attached hydrogen (secondary N) is 1. The lowest BCUT2D eigenvalue weighted by Gasteiger charge is -2.14. The summed E-state index contributed by atoms with van der Waals surface area (Å²) < 4.78 is 13.0. The normalized spacial score (nSPS) is 11.8. The fourth-order valence-electron chi connectivity index (χ4n) is 2.56. The Balaban J connectivity index is 1.70. The van der Waals surface area contributed by atoms with Crippen molar-refractivity contribution in [1.82, 2.24) is 5.32 Å². The summed E-state index contributed by atoms with van der Waals surface area (Å²) >= 11 is 0. The molecule has 3 heteroatoms. The molecule has 0 unspecified atom stereocenters. The van der Waals surface area contributed by atoms with Crippen LogP contribution >= 0.6 is 0 Å². The molecule has 1 N–H and O–H groups in total. The number of carbonyl (C=O) groups is 1. The van der Waals surface area contributed by atoms with Crippen molar-refractivity contribution >= 4 is 5.91 Å². The molecule has 120 valence electrons. The van der Waals surface area contributed by atoms with Gasteiger partial charge < -0.3 is 5.32 Å². The minimum atomic E-state index is -0.284. The molecule has 3 rings (SSSR count). The molecule has 24 heavy (non-hydrogen) atoms. The first-order valence-electron chi connectivity index (χ1n) is 7.85. The van der Waals surface area contributed by atoms with Crippen LogP contribution in [-0.2, 0) is 0 Å². The molecule has 0 heterocycles. The van der Waals surface area contributed by atoms with Gasteiger partial charge in [0.1, 0.15) is 5.82 Å². The Kier molecular flexibility index (Phi) is 4.71. The van der Waals surface area contributed by atoms with Crippen molar-refractivity contribution in [3.8, 4) is 11.1 Å². The van der Waals surface area contributed by atoms with E-state index in [-0.39, 0.29) is 17.8 Å². The van der Waals surface area contributed by atoms with Gasteiger partial charge in [-0.15, -0.1) is 0 Å². The Labute approximate surface area is 141 Å². The van der Waals surface area contributed by atoms with Gasteiger partial charge in [0.25, 0.3) is 5.91 Å². The number of halogens is 1. The van der Waals surface area contributed by atoms with Crippen LogP contribution in [0.25, 0.3) is 11.1 Å². The SMILES string of the molecule is C[C@H](NC(=O)c1ccc(-c2ccccc2)cc1)c1ccc(F)cc1. The summed E-state index contributed by atoms with van der Waals surface area (Å²) in [6, 6.07) is 23.5. The van der Waals surface area contributed by atoms with E-state index in [1.807, 2.05) is 61.5 Å². The summed E-state index contributed by atoms with van der Waals surface area (Å²) in [5.74, 6) is -0.430. The van der Waals surface area contributed by atoms with Gasteiger partial charge in [-0.2, -0.15) is 0 Å². The Morgan fingerprint density at radius 3 is 2.04 bits per heavy atom. The van der Waals surface area contributed by atoms with Gasteiger partial charge in [0, 0.05) is 5.56 Å². The number of carbonyl (C=O) groups excluding carboxylic acids is 1. The van der Waals surface area contributed by atoms with Gasteiger partial charge in [-0.1, -0.05) is 54.6 Å². The van der Waals surface area contributed by atoms with Gasteiger partial charge in [0.05, 0.1) is 6.04 Å². The third-order valence-corrected chi connectivity index (χ3v) is 3.97. The Morgan fingerprint density at radius 1 is 0.833 bits per heavy atom. The number of hydrogen-bond acceptors (Lipinski definition) is 1. The highest BCUT2D eigenvalue weighted by molar-refractivity contribution is 5.94. The van der Waals surface area contributed by atoms with Crippen molar-refractivity contribution < 1.29 is 9.18 Å². The average Bonchev–Trinajstić information content (AvgIpc) is 2.63. The molecule has 1 atom stereocenters. The molecule has 0 spiro atoms. The van der Waals surface area contributed by atoms with Crippen LogP contribution in [0.3, 0.4) is 0 Å². The molecular weight excluding hydrogens is 301 g/mol. The summed E-state index contributed by atoms with van der Waals surface area (Å²) in [7, 11) is 0. The molecule has 3 aromatic rings. The van der Waals surface area contributed by atoms with E-state index in [2.05, 4.69) is 5.32 Å². The van der Waals surface area contributed by atoms with Gasteiger partial charge in [-0.05, 0) is 47.9 Å². The molecule has 0 radical (unpaired) electrons. The van der Waals surface area contributed by atoms with Crippen molar-refractivity contribution in [2.45, 2.75) is 13.0 Å². The molecule has 0 bridgehead atoms. The average molecular weight is 319 g/mol. The maximum absolute atomic E-state index is 13.0. The van der Waals surface area contributed by atoms with Gasteiger partial charge in [0.15, 0.2) is 0 Å². The van der Waals surface area contributed by atoms with Crippen LogP contribution in [0.1, 0.15) is 28.9 Å². The van der Waals surface area contributed by atoms with Crippen LogP contribution < -0.4 is 5.32 Å². The molecule has 1 amide bonds. The lowest BCUT2D eigenvalue weighted by atomic mass is 10.0. The second-order valence-corrected chi connectivity index (χ2v) is 5.69. The fourth-order valence-corrected chi connectivity index (χ4v) is 2.56. The number of rotatable bonds is 4. The van der Waals surface area contributed by atoms with Gasteiger partial charge >= 0.3 is 0 Å². The van der Waals surface area contributed by atoms with Crippen LogP contribution in [0.5, 0.6) is 0 Å². The lowest BCUT2D eigenvalue weighted by Crippen LogP contribution is -2.26. The standard InChI is InChI=1S/C21H18FNO/c1-15(16-11-13-20(22)14-12-16)23-21(24)19-9-7-18(8-10-19)17-5-3-2-4-6-17/h2-15H,1H3,(H,23,24)/t15-/m0/s1. The molecule has 0 aliphatic carbocycles. The molecule has 3 aromatic carbocycles. The minimum absolute atomic E-state index is 0.147. The molecule has 0 saturated carbocycles. The summed E-state index contributed by atoms with van der Waals surface area (Å²) in [6.07, 6.45) is 0. The third-order valence-electron chi connectivity index (χ3n) is 3.97. The zero-order chi connectivity index (χ0) is 16.9. The summed E-state index contributed by atoms with van der Waals surface area (Å²) in [5, 5.41) is 2.93. The van der Waals surface area contributed by atoms with Crippen LogP contribution in [0.4, 0.5) is 4.39 Å². The first-order valence-corrected chi connectivity index (χ1v) is 7.85. The maximum atomic E-state index is 13.0. The van der Waals surface area contributed by atoms with Crippen molar-refractivity contribution in [2.75, 3.05) is 0 Å². The van der Waals surface area contributed by atoms with E-state index in [4.69, 9.17) is 0 Å². The third kappa shape index (κ3) is 3.69. The Morgan fingerprint density at radius 2 is 1.42 bits per heavy atom. The molecule has 0 saturated heterocycles. The predicted molar refractivity (Wildman–Crippen MR) is 94.2 cm³/mol. The van der Waals surface area contributed by atoms with E-state index >= 15 is 0 Å². The van der Waals surface area contributed by atoms with Crippen LogP contribution in [0, 0.1) is 5.82 Å². The Bertz CT molecular complexity index is 811. The highest BCUT2D eigenvalue weighted by Gasteiger charge is 2.11. The molecule has 0 aliphatic heterocycles. The molecule has 2 nitrogen and oxygen atoms in total. The quantitative estimate of drug-likeness (QED) is 0.721. The van der Waals surface area contributed by atoms with Gasteiger partial charge in [-0.25, -0.2) is 4.39 Å². The second-order valence-electron chi connectivity index (χ2n) is 5.69. The largest absolute Gasteiger partial charge is 0.346 e. The number of amides is 1. The van der Waals surface area contributed by atoms with Crippen LogP contribution in [0.2, 0.25) is 0 Å². The van der Waals surface area contributed by atoms with E-state index in [9.17, 15) is 9.18 Å². The fraction of sp³-hybridized carbons (Fsp3) is 0.0952. The Hall–Kier alpha value is -2.94. The maximum Gasteiger partial charge on any atom is 0.251 e. The van der Waals surface area contributed by atoms with E-state index in [0.717, 1.165) is 16.7 Å². The van der Waals surface area contributed by atoms with E-state index in [0.29, 0.717) is 5.56 Å². The van der Waals surface area contributed by atoms with Crippen molar-refractivity contribution in [3.63, 3.8) is 0 Å². The van der Waals surface area contributed by atoms with Crippen molar-refractivity contribution in [2.24, 2.45) is 0 Å². The van der Waals surface area contributed by atoms with E-state index in [1.165, 1.54) is 12.1 Å². The first-order chi connectivity index (χ1) is 11.6. The topological polar surface area (TPSA) is 29.1 Å². The molecule has 0 aliphatic rings. The summed E-state index contributed by atoms with van der Waals surface area (Å²) in [4.78, 5) is 12.4. The van der Waals surface area contributed by atoms with Gasteiger partial charge in [0.2, 0.25) is 0 Å². The van der Waals surface area contributed by atoms with E-state index in [1.54, 1.807) is 12.1 Å². The van der Waals surface area contributed by atoms with Crippen LogP contribution in [-0.4, -0.2) is 5.91 Å².